The lowest BCUT2D eigenvalue weighted by atomic mass is 9.89. The summed E-state index contributed by atoms with van der Waals surface area (Å²) in [5.41, 5.74) is 7.67. The first-order valence-corrected chi connectivity index (χ1v) is 7.82. The van der Waals surface area contributed by atoms with Gasteiger partial charge in [-0.3, -0.25) is 0 Å². The third kappa shape index (κ3) is 1.90. The third-order valence-corrected chi connectivity index (χ3v) is 4.64. The Kier molecular flexibility index (Phi) is 3.09. The summed E-state index contributed by atoms with van der Waals surface area (Å²) in [5, 5.41) is 7.88. The SMILES string of the molecule is C=CCC[C@H](N)c1ccc2ccc3cccc4ccc1c2c34. The van der Waals surface area contributed by atoms with Crippen molar-refractivity contribution in [2.75, 3.05) is 0 Å². The highest BCUT2D eigenvalue weighted by Crippen LogP contribution is 2.37. The molecule has 0 bridgehead atoms. The zero-order chi connectivity index (χ0) is 15.1. The molecule has 0 fully saturated rings. The van der Waals surface area contributed by atoms with Crippen molar-refractivity contribution < 1.29 is 0 Å². The van der Waals surface area contributed by atoms with Crippen molar-refractivity contribution in [1.29, 1.82) is 0 Å². The van der Waals surface area contributed by atoms with Crippen LogP contribution >= 0.6 is 0 Å². The fourth-order valence-corrected chi connectivity index (χ4v) is 3.53. The normalized spacial score (nSPS) is 13.1. The van der Waals surface area contributed by atoms with Gasteiger partial charge in [-0.1, -0.05) is 60.7 Å². The van der Waals surface area contributed by atoms with E-state index in [9.17, 15) is 0 Å². The van der Waals surface area contributed by atoms with Gasteiger partial charge in [0.1, 0.15) is 0 Å². The van der Waals surface area contributed by atoms with E-state index in [1.807, 2.05) is 6.08 Å². The number of hydrogen-bond donors (Lipinski definition) is 1. The molecule has 0 unspecified atom stereocenters. The van der Waals surface area contributed by atoms with E-state index in [4.69, 9.17) is 5.73 Å². The van der Waals surface area contributed by atoms with Gasteiger partial charge in [-0.25, -0.2) is 0 Å². The molecule has 2 N–H and O–H groups in total. The predicted octanol–water partition coefficient (Wildman–Crippen LogP) is 5.55. The molecule has 0 aliphatic heterocycles. The van der Waals surface area contributed by atoms with Crippen LogP contribution in [0.1, 0.15) is 24.4 Å². The highest BCUT2D eigenvalue weighted by molar-refractivity contribution is 6.23. The fourth-order valence-electron chi connectivity index (χ4n) is 3.53. The largest absolute Gasteiger partial charge is 0.324 e. The van der Waals surface area contributed by atoms with Gasteiger partial charge < -0.3 is 5.73 Å². The van der Waals surface area contributed by atoms with Crippen LogP contribution in [0.3, 0.4) is 0 Å². The topological polar surface area (TPSA) is 26.0 Å². The summed E-state index contributed by atoms with van der Waals surface area (Å²) < 4.78 is 0. The summed E-state index contributed by atoms with van der Waals surface area (Å²) in [6, 6.07) is 19.8. The van der Waals surface area contributed by atoms with Gasteiger partial charge in [0, 0.05) is 6.04 Å². The van der Waals surface area contributed by atoms with Crippen LogP contribution in [0.15, 0.2) is 67.3 Å². The number of allylic oxidation sites excluding steroid dienone is 1. The second kappa shape index (κ2) is 5.11. The molecule has 0 saturated heterocycles. The number of hydrogen-bond acceptors (Lipinski definition) is 1. The summed E-state index contributed by atoms with van der Waals surface area (Å²) in [5.74, 6) is 0. The van der Waals surface area contributed by atoms with E-state index >= 15 is 0 Å². The molecule has 1 heteroatoms. The van der Waals surface area contributed by atoms with Gasteiger partial charge in [0.05, 0.1) is 0 Å². The highest BCUT2D eigenvalue weighted by atomic mass is 14.6. The van der Waals surface area contributed by atoms with E-state index in [0.717, 1.165) is 12.8 Å². The first kappa shape index (κ1) is 13.3. The Morgan fingerprint density at radius 3 is 2.23 bits per heavy atom. The second-order valence-electron chi connectivity index (χ2n) is 5.98. The minimum atomic E-state index is 0.0579. The Hall–Kier alpha value is -2.38. The van der Waals surface area contributed by atoms with Gasteiger partial charge in [-0.05, 0) is 50.7 Å². The van der Waals surface area contributed by atoms with E-state index in [0.29, 0.717) is 0 Å². The van der Waals surface area contributed by atoms with Crippen molar-refractivity contribution in [1.82, 2.24) is 0 Å². The summed E-state index contributed by atoms with van der Waals surface area (Å²) in [7, 11) is 0. The molecule has 0 radical (unpaired) electrons. The van der Waals surface area contributed by atoms with E-state index < -0.39 is 0 Å². The first-order valence-electron chi connectivity index (χ1n) is 7.82. The van der Waals surface area contributed by atoms with E-state index in [1.54, 1.807) is 0 Å². The van der Waals surface area contributed by atoms with Crippen molar-refractivity contribution in [3.05, 3.63) is 72.8 Å². The lowest BCUT2D eigenvalue weighted by molar-refractivity contribution is 0.666. The number of nitrogens with two attached hydrogens (primary N) is 1. The monoisotopic (exact) mass is 285 g/mol. The van der Waals surface area contributed by atoms with E-state index in [2.05, 4.69) is 61.2 Å². The molecular formula is C21H19N. The van der Waals surface area contributed by atoms with Crippen molar-refractivity contribution in [3.63, 3.8) is 0 Å². The Balaban J connectivity index is 2.06. The average Bonchev–Trinajstić information content (AvgIpc) is 2.57. The zero-order valence-electron chi connectivity index (χ0n) is 12.5. The molecule has 0 spiro atoms. The van der Waals surface area contributed by atoms with Crippen LogP contribution in [-0.4, -0.2) is 0 Å². The maximum absolute atomic E-state index is 6.43. The van der Waals surface area contributed by atoms with Crippen LogP contribution < -0.4 is 5.73 Å². The van der Waals surface area contributed by atoms with Crippen molar-refractivity contribution in [3.8, 4) is 0 Å². The maximum Gasteiger partial charge on any atom is 0.0304 e. The molecule has 0 saturated carbocycles. The van der Waals surface area contributed by atoms with E-state index in [1.165, 1.54) is 37.9 Å². The van der Waals surface area contributed by atoms with Gasteiger partial charge >= 0.3 is 0 Å². The smallest absolute Gasteiger partial charge is 0.0304 e. The van der Waals surface area contributed by atoms with Crippen LogP contribution in [0.25, 0.3) is 32.3 Å². The Labute approximate surface area is 130 Å². The van der Waals surface area contributed by atoms with Crippen molar-refractivity contribution in [2.45, 2.75) is 18.9 Å². The molecule has 0 aliphatic carbocycles. The number of rotatable bonds is 4. The van der Waals surface area contributed by atoms with Crippen LogP contribution in [0.4, 0.5) is 0 Å². The molecule has 0 amide bonds. The van der Waals surface area contributed by atoms with Gasteiger partial charge in [-0.2, -0.15) is 0 Å². The van der Waals surface area contributed by atoms with Crippen molar-refractivity contribution in [2.24, 2.45) is 5.73 Å². The van der Waals surface area contributed by atoms with Gasteiger partial charge in [0.25, 0.3) is 0 Å². The molecule has 22 heavy (non-hydrogen) atoms. The van der Waals surface area contributed by atoms with Crippen LogP contribution in [0, 0.1) is 0 Å². The molecule has 4 aromatic rings. The molecule has 1 nitrogen and oxygen atoms in total. The van der Waals surface area contributed by atoms with Crippen LogP contribution in [0.2, 0.25) is 0 Å². The van der Waals surface area contributed by atoms with E-state index in [-0.39, 0.29) is 6.04 Å². The highest BCUT2D eigenvalue weighted by Gasteiger charge is 2.14. The molecule has 0 aliphatic rings. The fraction of sp³-hybridized carbons (Fsp3) is 0.143. The minimum absolute atomic E-state index is 0.0579. The number of benzene rings is 4. The molecule has 4 rings (SSSR count). The maximum atomic E-state index is 6.43. The Bertz CT molecular complexity index is 952. The zero-order valence-corrected chi connectivity index (χ0v) is 12.5. The van der Waals surface area contributed by atoms with Gasteiger partial charge in [-0.15, -0.1) is 6.58 Å². The van der Waals surface area contributed by atoms with Crippen molar-refractivity contribution >= 4 is 32.3 Å². The van der Waals surface area contributed by atoms with Gasteiger partial charge in [0.2, 0.25) is 0 Å². The molecule has 1 atom stereocenters. The lowest BCUT2D eigenvalue weighted by Gasteiger charge is -2.17. The third-order valence-electron chi connectivity index (χ3n) is 4.64. The summed E-state index contributed by atoms with van der Waals surface area (Å²) in [4.78, 5) is 0. The van der Waals surface area contributed by atoms with Crippen LogP contribution in [0.5, 0.6) is 0 Å². The lowest BCUT2D eigenvalue weighted by Crippen LogP contribution is -2.10. The summed E-state index contributed by atoms with van der Waals surface area (Å²) in [6.07, 6.45) is 3.83. The Morgan fingerprint density at radius 2 is 1.50 bits per heavy atom. The quantitative estimate of drug-likeness (QED) is 0.386. The van der Waals surface area contributed by atoms with Crippen LogP contribution in [-0.2, 0) is 0 Å². The average molecular weight is 285 g/mol. The molecular weight excluding hydrogens is 266 g/mol. The summed E-state index contributed by atoms with van der Waals surface area (Å²) in [6.45, 7) is 3.80. The molecule has 4 aromatic carbocycles. The minimum Gasteiger partial charge on any atom is -0.324 e. The predicted molar refractivity (Wildman–Crippen MR) is 96.5 cm³/mol. The molecule has 0 aromatic heterocycles. The Morgan fingerprint density at radius 1 is 0.864 bits per heavy atom. The first-order chi connectivity index (χ1) is 10.8. The van der Waals surface area contributed by atoms with Gasteiger partial charge in [0.15, 0.2) is 0 Å². The summed E-state index contributed by atoms with van der Waals surface area (Å²) >= 11 is 0. The molecule has 108 valence electrons. The second-order valence-corrected chi connectivity index (χ2v) is 5.98. The molecule has 0 heterocycles. The standard InChI is InChI=1S/C21H19N/c1-2-3-7-19(22)17-12-10-16-9-8-14-5-4-6-15-11-13-18(17)21(16)20(14)15/h2,4-6,8-13,19H,1,3,7,22H2/t19-/m0/s1.